The van der Waals surface area contributed by atoms with Gasteiger partial charge in [0.25, 0.3) is 11.8 Å². The number of hydrogen-bond acceptors (Lipinski definition) is 8. The van der Waals surface area contributed by atoms with Crippen molar-refractivity contribution < 1.29 is 18.5 Å². The lowest BCUT2D eigenvalue weighted by atomic mass is 9.75. The maximum Gasteiger partial charge on any atom is 0.291 e. The molecule has 0 atom stereocenters. The van der Waals surface area contributed by atoms with E-state index >= 15 is 0 Å². The van der Waals surface area contributed by atoms with E-state index in [1.165, 1.54) is 6.39 Å². The Labute approximate surface area is 168 Å². The van der Waals surface area contributed by atoms with E-state index in [1.54, 1.807) is 31.3 Å². The third kappa shape index (κ3) is 3.77. The summed E-state index contributed by atoms with van der Waals surface area (Å²) in [4.78, 5) is 27.3. The van der Waals surface area contributed by atoms with Crippen molar-refractivity contribution in [3.8, 4) is 11.5 Å². The molecule has 9 heteroatoms. The molecule has 152 valence electrons. The van der Waals surface area contributed by atoms with Crippen LogP contribution in [0.5, 0.6) is 0 Å². The molecule has 0 bridgehead atoms. The van der Waals surface area contributed by atoms with Crippen molar-refractivity contribution in [3.63, 3.8) is 0 Å². The SMILES string of the molecule is COCCC1(c2noc(-c3cccnc3)n2)CCN(C(=O)c2ocnc2C)CC1. The van der Waals surface area contributed by atoms with Crippen LogP contribution in [0, 0.1) is 6.92 Å². The fraction of sp³-hybridized carbons (Fsp3) is 0.450. The van der Waals surface area contributed by atoms with E-state index in [4.69, 9.17) is 13.7 Å². The van der Waals surface area contributed by atoms with Gasteiger partial charge in [-0.2, -0.15) is 4.98 Å². The molecule has 0 saturated carbocycles. The zero-order chi connectivity index (χ0) is 20.3. The quantitative estimate of drug-likeness (QED) is 0.625. The van der Waals surface area contributed by atoms with Crippen LogP contribution >= 0.6 is 0 Å². The van der Waals surface area contributed by atoms with E-state index in [9.17, 15) is 4.79 Å². The van der Waals surface area contributed by atoms with Crippen molar-refractivity contribution in [1.82, 2.24) is 25.0 Å². The Bertz CT molecular complexity index is 960. The number of pyridine rings is 1. The lowest BCUT2D eigenvalue weighted by molar-refractivity contribution is 0.0586. The van der Waals surface area contributed by atoms with Gasteiger partial charge in [0.1, 0.15) is 0 Å². The summed E-state index contributed by atoms with van der Waals surface area (Å²) in [5.41, 5.74) is 1.07. The Balaban J connectivity index is 1.54. The number of hydrogen-bond donors (Lipinski definition) is 0. The number of aromatic nitrogens is 4. The Kier molecular flexibility index (Phi) is 5.39. The van der Waals surface area contributed by atoms with Crippen molar-refractivity contribution in [2.24, 2.45) is 0 Å². The van der Waals surface area contributed by atoms with Crippen LogP contribution < -0.4 is 0 Å². The van der Waals surface area contributed by atoms with Crippen LogP contribution in [-0.2, 0) is 10.2 Å². The van der Waals surface area contributed by atoms with E-state index < -0.39 is 0 Å². The molecule has 0 aromatic carbocycles. The summed E-state index contributed by atoms with van der Waals surface area (Å²) >= 11 is 0. The zero-order valence-corrected chi connectivity index (χ0v) is 16.5. The Morgan fingerprint density at radius 1 is 1.34 bits per heavy atom. The van der Waals surface area contributed by atoms with Crippen molar-refractivity contribution in [2.75, 3.05) is 26.8 Å². The normalized spacial score (nSPS) is 16.1. The number of oxazole rings is 1. The Hall–Kier alpha value is -3.07. The zero-order valence-electron chi connectivity index (χ0n) is 16.5. The number of piperidine rings is 1. The predicted octanol–water partition coefficient (Wildman–Crippen LogP) is 2.64. The molecular formula is C20H23N5O4. The molecule has 1 fully saturated rings. The topological polar surface area (TPSA) is 107 Å². The second-order valence-corrected chi connectivity index (χ2v) is 7.25. The smallest absolute Gasteiger partial charge is 0.291 e. The highest BCUT2D eigenvalue weighted by Crippen LogP contribution is 2.38. The molecule has 1 amide bonds. The maximum atomic E-state index is 12.7. The lowest BCUT2D eigenvalue weighted by Gasteiger charge is -2.39. The lowest BCUT2D eigenvalue weighted by Crippen LogP contribution is -2.46. The Morgan fingerprint density at radius 3 is 2.83 bits per heavy atom. The minimum Gasteiger partial charge on any atom is -0.438 e. The molecule has 4 rings (SSSR count). The monoisotopic (exact) mass is 397 g/mol. The number of carbonyl (C=O) groups is 1. The van der Waals surface area contributed by atoms with Gasteiger partial charge in [0, 0.05) is 44.6 Å². The molecule has 3 aromatic heterocycles. The van der Waals surface area contributed by atoms with Crippen LogP contribution in [0.1, 0.15) is 41.3 Å². The average molecular weight is 397 g/mol. The summed E-state index contributed by atoms with van der Waals surface area (Å²) in [7, 11) is 1.68. The third-order valence-corrected chi connectivity index (χ3v) is 5.54. The van der Waals surface area contributed by atoms with Gasteiger partial charge < -0.3 is 18.6 Å². The van der Waals surface area contributed by atoms with Crippen molar-refractivity contribution in [2.45, 2.75) is 31.6 Å². The van der Waals surface area contributed by atoms with E-state index in [1.807, 2.05) is 12.1 Å². The minimum absolute atomic E-state index is 0.135. The molecule has 9 nitrogen and oxygen atoms in total. The van der Waals surface area contributed by atoms with Crippen molar-refractivity contribution in [3.05, 3.63) is 48.2 Å². The van der Waals surface area contributed by atoms with Crippen LogP contribution in [-0.4, -0.2) is 57.7 Å². The number of likely N-dealkylation sites (tertiary alicyclic amines) is 1. The van der Waals surface area contributed by atoms with E-state index in [-0.39, 0.29) is 11.3 Å². The number of nitrogens with zero attached hydrogens (tertiary/aromatic N) is 5. The molecule has 0 radical (unpaired) electrons. The van der Waals surface area contributed by atoms with Gasteiger partial charge in [-0.15, -0.1) is 0 Å². The first-order valence-electron chi connectivity index (χ1n) is 9.56. The largest absolute Gasteiger partial charge is 0.438 e. The predicted molar refractivity (Wildman–Crippen MR) is 102 cm³/mol. The van der Waals surface area contributed by atoms with Crippen LogP contribution in [0.15, 0.2) is 39.9 Å². The summed E-state index contributed by atoms with van der Waals surface area (Å²) in [6, 6.07) is 3.71. The first kappa shape index (κ1) is 19.3. The molecule has 1 aliphatic heterocycles. The van der Waals surface area contributed by atoms with Gasteiger partial charge >= 0.3 is 0 Å². The van der Waals surface area contributed by atoms with Gasteiger partial charge in [-0.1, -0.05) is 5.16 Å². The van der Waals surface area contributed by atoms with E-state index in [0.717, 1.165) is 12.0 Å². The highest BCUT2D eigenvalue weighted by molar-refractivity contribution is 5.92. The van der Waals surface area contributed by atoms with Gasteiger partial charge in [0.05, 0.1) is 11.3 Å². The van der Waals surface area contributed by atoms with Gasteiger partial charge in [0.15, 0.2) is 12.2 Å². The molecular weight excluding hydrogens is 374 g/mol. The summed E-state index contributed by atoms with van der Waals surface area (Å²) in [6.07, 6.45) is 6.86. The molecule has 29 heavy (non-hydrogen) atoms. The summed E-state index contributed by atoms with van der Waals surface area (Å²) in [6.45, 7) is 3.48. The number of amides is 1. The molecule has 0 aliphatic carbocycles. The molecule has 0 spiro atoms. The molecule has 1 saturated heterocycles. The van der Waals surface area contributed by atoms with E-state index in [0.29, 0.717) is 55.7 Å². The minimum atomic E-state index is -0.312. The first-order valence-corrected chi connectivity index (χ1v) is 9.56. The van der Waals surface area contributed by atoms with Crippen LogP contribution in [0.2, 0.25) is 0 Å². The van der Waals surface area contributed by atoms with Crippen molar-refractivity contribution in [1.29, 1.82) is 0 Å². The van der Waals surface area contributed by atoms with Gasteiger partial charge in [-0.25, -0.2) is 4.98 Å². The molecule has 1 aliphatic rings. The second kappa shape index (κ2) is 8.12. The number of carbonyl (C=O) groups excluding carboxylic acids is 1. The summed E-state index contributed by atoms with van der Waals surface area (Å²) < 4.78 is 16.1. The number of ether oxygens (including phenoxy) is 1. The third-order valence-electron chi connectivity index (χ3n) is 5.54. The number of methoxy groups -OCH3 is 1. The summed E-state index contributed by atoms with van der Waals surface area (Å²) in [5.74, 6) is 1.26. The Morgan fingerprint density at radius 2 is 2.17 bits per heavy atom. The number of rotatable bonds is 6. The van der Waals surface area contributed by atoms with Crippen molar-refractivity contribution >= 4 is 5.91 Å². The van der Waals surface area contributed by atoms with Crippen LogP contribution in [0.25, 0.3) is 11.5 Å². The molecule has 4 heterocycles. The molecule has 3 aromatic rings. The molecule has 0 unspecified atom stereocenters. The maximum absolute atomic E-state index is 12.7. The second-order valence-electron chi connectivity index (χ2n) is 7.25. The standard InChI is InChI=1S/C20H23N5O4/c1-14-16(28-13-22-14)18(26)25-9-5-20(6-10-25,7-11-27-2)19-23-17(29-24-19)15-4-3-8-21-12-15/h3-4,8,12-13H,5-7,9-11H2,1-2H3. The highest BCUT2D eigenvalue weighted by atomic mass is 16.5. The molecule has 0 N–H and O–H groups in total. The van der Waals surface area contributed by atoms with Gasteiger partial charge in [-0.3, -0.25) is 9.78 Å². The van der Waals surface area contributed by atoms with Gasteiger partial charge in [-0.05, 0) is 38.3 Å². The number of aryl methyl sites for hydroxylation is 1. The van der Waals surface area contributed by atoms with Crippen LogP contribution in [0.4, 0.5) is 0 Å². The fourth-order valence-corrected chi connectivity index (χ4v) is 3.72. The average Bonchev–Trinajstić information content (AvgIpc) is 3.42. The van der Waals surface area contributed by atoms with Gasteiger partial charge in [0.2, 0.25) is 5.76 Å². The first-order chi connectivity index (χ1) is 14.1. The van der Waals surface area contributed by atoms with E-state index in [2.05, 4.69) is 20.1 Å². The highest BCUT2D eigenvalue weighted by Gasteiger charge is 2.41. The van der Waals surface area contributed by atoms with Crippen LogP contribution in [0.3, 0.4) is 0 Å². The summed E-state index contributed by atoms with van der Waals surface area (Å²) in [5, 5.41) is 4.27. The fourth-order valence-electron chi connectivity index (χ4n) is 3.72.